The van der Waals surface area contributed by atoms with Crippen LogP contribution in [0.15, 0.2) is 64.3 Å². The van der Waals surface area contributed by atoms with Crippen LogP contribution in [0.4, 0.5) is 0 Å². The van der Waals surface area contributed by atoms with Crippen molar-refractivity contribution in [3.63, 3.8) is 0 Å². The maximum atomic E-state index is 17.1. The summed E-state index contributed by atoms with van der Waals surface area (Å²) in [6.07, 6.45) is 46.2. The molecule has 7 bridgehead atoms. The van der Waals surface area contributed by atoms with Gasteiger partial charge in [0.15, 0.2) is 11.4 Å². The van der Waals surface area contributed by atoms with Crippen molar-refractivity contribution in [2.75, 3.05) is 19.6 Å². The molecule has 8 heteroatoms. The molecule has 18 unspecified atom stereocenters. The van der Waals surface area contributed by atoms with Crippen molar-refractivity contribution in [1.29, 1.82) is 0 Å². The van der Waals surface area contributed by atoms with E-state index >= 15 is 9.59 Å². The fourth-order valence-corrected chi connectivity index (χ4v) is 29.1. The van der Waals surface area contributed by atoms with E-state index in [9.17, 15) is 5.11 Å². The molecule has 3 N–H and O–H groups in total. The lowest BCUT2D eigenvalue weighted by molar-refractivity contribution is -0.283. The zero-order valence-electron chi connectivity index (χ0n) is 50.0. The number of allylic oxidation sites excluding steroid dienone is 4. The standard InChI is InChI=1S/C74H97N3O5/c1-43-34-47-18-20-56-49-35-50-42-77(56)63(47)60-52-22-32-72-65(64(78)53-19-21-57(50)76(41-49)62(53)51-39-70(28-6-7-29-70)71(40-51)31-11-30-69(71)26-4-5-27-69)81-67(80)73(72)58(74(72)55-15-8-12-44(14-10-33-75)59(55)66(79)82-74)37-45(16-17-46(61(52)73)36-54(43)60)48-13-9-25-68(38-48)23-2-3-24-68/h8,12,15-17,43,45-46,48-51,53-54,56-58,60,62,78H,2-7,9-11,13-14,18-42,75H2,1H3. The molecule has 11 aliphatic carbocycles. The van der Waals surface area contributed by atoms with Crippen LogP contribution in [-0.2, 0) is 26.3 Å². The van der Waals surface area contributed by atoms with Crippen molar-refractivity contribution in [2.24, 2.45) is 103 Å². The lowest BCUT2D eigenvalue weighted by Gasteiger charge is -2.73. The molecule has 18 aliphatic rings. The van der Waals surface area contributed by atoms with E-state index in [4.69, 9.17) is 15.2 Å². The van der Waals surface area contributed by atoms with E-state index < -0.39 is 16.4 Å². The number of aliphatic hydroxyl groups excluding tert-OH is 1. The van der Waals surface area contributed by atoms with Crippen molar-refractivity contribution in [3.05, 3.63) is 81.0 Å². The van der Waals surface area contributed by atoms with Crippen molar-refractivity contribution in [3.8, 4) is 0 Å². The highest BCUT2D eigenvalue weighted by Crippen LogP contribution is 2.89. The first-order chi connectivity index (χ1) is 40.0. The first kappa shape index (κ1) is 50.8. The number of nitrogens with zero attached hydrogens (tertiary/aromatic N) is 2. The molecule has 18 atom stereocenters. The maximum absolute atomic E-state index is 17.1. The minimum atomic E-state index is -1.15. The van der Waals surface area contributed by atoms with E-state index in [-0.39, 0.29) is 41.7 Å². The van der Waals surface area contributed by atoms with Crippen molar-refractivity contribution in [1.82, 2.24) is 9.80 Å². The number of benzene rings is 1. The summed E-state index contributed by atoms with van der Waals surface area (Å²) in [5.41, 5.74) is 13.9. The predicted molar refractivity (Wildman–Crippen MR) is 316 cm³/mol. The second kappa shape index (κ2) is 17.2. The van der Waals surface area contributed by atoms with Gasteiger partial charge in [0.2, 0.25) is 0 Å². The Morgan fingerprint density at radius 3 is 2.38 bits per heavy atom. The molecule has 0 amide bonds. The second-order valence-corrected chi connectivity index (χ2v) is 33.2. The van der Waals surface area contributed by atoms with Gasteiger partial charge in [0.05, 0.1) is 11.0 Å². The van der Waals surface area contributed by atoms with Crippen molar-refractivity contribution >= 4 is 11.9 Å². The van der Waals surface area contributed by atoms with Crippen LogP contribution < -0.4 is 5.73 Å². The van der Waals surface area contributed by atoms with Crippen molar-refractivity contribution < 1.29 is 24.2 Å². The molecule has 7 heterocycles. The molecule has 0 aromatic heterocycles. The SMILES string of the molecule is CC1CC2=C3C4C5=C6C(C=CC(C7CCCC8(CCCC8)C7)CC7C68C(=O)OC(=C(O)C6CCC9C%10CC(CN9C6C6CC9(CCCC9)C9(CCCC9%11CCCC%11)C6)C(CC2)N3C%10)C8(CC5)C72OC(=O)c3c(CCCN)cccc32)CC14. The Balaban J connectivity index is 0.871. The number of hydrogen-bond donors (Lipinski definition) is 2. The molecular weight excluding hydrogens is 1010 g/mol. The van der Waals surface area contributed by atoms with E-state index in [1.807, 2.05) is 0 Å². The molecule has 7 aliphatic heterocycles. The number of aliphatic hydroxyl groups is 1. The molecule has 19 rings (SSSR count). The number of fused-ring (bicyclic) bond motifs is 10. The minimum Gasteiger partial charge on any atom is -0.508 e. The van der Waals surface area contributed by atoms with Gasteiger partial charge in [0.25, 0.3) is 0 Å². The fourth-order valence-electron chi connectivity index (χ4n) is 29.1. The number of hydrogen-bond acceptors (Lipinski definition) is 8. The van der Waals surface area contributed by atoms with Crippen LogP contribution in [0.5, 0.6) is 0 Å². The zero-order valence-corrected chi connectivity index (χ0v) is 50.0. The Morgan fingerprint density at radius 2 is 1.54 bits per heavy atom. The van der Waals surface area contributed by atoms with Crippen LogP contribution in [0.2, 0.25) is 0 Å². The molecule has 7 spiro atoms. The normalized spacial score (nSPS) is 47.9. The largest absolute Gasteiger partial charge is 0.508 e. The van der Waals surface area contributed by atoms with Gasteiger partial charge in [-0.15, -0.1) is 0 Å². The molecule has 0 radical (unpaired) electrons. The Morgan fingerprint density at radius 1 is 0.744 bits per heavy atom. The van der Waals surface area contributed by atoms with Gasteiger partial charge in [0.1, 0.15) is 11.2 Å². The van der Waals surface area contributed by atoms with E-state index in [0.29, 0.717) is 106 Å². The number of aryl methyl sites for hydroxylation is 1. The van der Waals surface area contributed by atoms with E-state index in [2.05, 4.69) is 47.1 Å². The summed E-state index contributed by atoms with van der Waals surface area (Å²) >= 11 is 0. The lowest BCUT2D eigenvalue weighted by Crippen LogP contribution is -2.78. The van der Waals surface area contributed by atoms with Crippen LogP contribution in [-0.4, -0.2) is 64.6 Å². The van der Waals surface area contributed by atoms with E-state index in [0.717, 1.165) is 61.8 Å². The summed E-state index contributed by atoms with van der Waals surface area (Å²) in [5, 5.41) is 14.7. The Labute approximate surface area is 490 Å². The predicted octanol–water partition coefficient (Wildman–Crippen LogP) is 15.1. The lowest BCUT2D eigenvalue weighted by atomic mass is 9.27. The highest BCUT2D eigenvalue weighted by Gasteiger charge is 2.94. The maximum Gasteiger partial charge on any atom is 0.339 e. The Hall–Kier alpha value is -3.36. The number of nitrogens with two attached hydrogens (primary N) is 1. The average Bonchev–Trinajstić information content (AvgIpc) is 1.30. The molecule has 8 nitrogen and oxygen atoms in total. The van der Waals surface area contributed by atoms with Gasteiger partial charge >= 0.3 is 11.9 Å². The number of carbonyl (C=O) groups excluding carboxylic acids is 2. The summed E-state index contributed by atoms with van der Waals surface area (Å²) in [4.78, 5) is 39.1. The van der Waals surface area contributed by atoms with Gasteiger partial charge in [-0.3, -0.25) is 9.69 Å². The van der Waals surface area contributed by atoms with Crippen LogP contribution >= 0.6 is 0 Å². The number of esters is 2. The third-order valence-corrected chi connectivity index (χ3v) is 31.2. The number of carbonyl (C=O) groups is 2. The Kier molecular flexibility index (Phi) is 10.7. The fraction of sp³-hybridized carbons (Fsp3) is 0.784. The van der Waals surface area contributed by atoms with Crippen molar-refractivity contribution in [2.45, 2.75) is 243 Å². The zero-order chi connectivity index (χ0) is 54.5. The summed E-state index contributed by atoms with van der Waals surface area (Å²) in [7, 11) is 0. The molecular formula is C74H97N3O5. The van der Waals surface area contributed by atoms with Gasteiger partial charge < -0.3 is 25.2 Å². The second-order valence-electron chi connectivity index (χ2n) is 33.2. The third-order valence-electron chi connectivity index (χ3n) is 31.2. The average molecular weight is 1110 g/mol. The molecule has 1 aromatic rings. The number of piperidine rings is 3. The highest BCUT2D eigenvalue weighted by atomic mass is 16.6. The number of ether oxygens (including phenoxy) is 2. The van der Waals surface area contributed by atoms with Crippen LogP contribution in [0, 0.1) is 97.6 Å². The monoisotopic (exact) mass is 1110 g/mol. The van der Waals surface area contributed by atoms with Crippen LogP contribution in [0.3, 0.4) is 0 Å². The molecule has 4 saturated heterocycles. The Bertz CT molecular complexity index is 3070. The van der Waals surface area contributed by atoms with E-state index in [1.165, 1.54) is 173 Å². The first-order valence-electron chi connectivity index (χ1n) is 35.4. The molecule has 11 fully saturated rings. The smallest absolute Gasteiger partial charge is 0.339 e. The van der Waals surface area contributed by atoms with Gasteiger partial charge in [-0.25, -0.2) is 4.79 Å². The number of rotatable bonds is 5. The van der Waals surface area contributed by atoms with Gasteiger partial charge in [0, 0.05) is 60.2 Å². The summed E-state index contributed by atoms with van der Waals surface area (Å²) in [6.45, 7) is 5.49. The van der Waals surface area contributed by atoms with E-state index in [1.54, 1.807) is 16.8 Å². The van der Waals surface area contributed by atoms with Gasteiger partial charge in [-0.1, -0.05) is 99.8 Å². The summed E-state index contributed by atoms with van der Waals surface area (Å²) in [6, 6.07) is 7.87. The quantitative estimate of drug-likeness (QED) is 0.222. The molecule has 438 valence electrons. The van der Waals surface area contributed by atoms with Crippen LogP contribution in [0.25, 0.3) is 0 Å². The summed E-state index contributed by atoms with van der Waals surface area (Å²) in [5.74, 6) is 4.22. The topological polar surface area (TPSA) is 105 Å². The molecule has 1 aromatic carbocycles. The highest BCUT2D eigenvalue weighted by molar-refractivity contribution is 6.00. The third kappa shape index (κ3) is 5.86. The summed E-state index contributed by atoms with van der Waals surface area (Å²) < 4.78 is 15.3. The first-order valence-corrected chi connectivity index (χ1v) is 35.4. The van der Waals surface area contributed by atoms with Gasteiger partial charge in [-0.05, 0) is 247 Å². The molecule has 82 heavy (non-hydrogen) atoms. The molecule has 7 saturated carbocycles. The van der Waals surface area contributed by atoms with Crippen LogP contribution in [0.1, 0.15) is 234 Å². The minimum absolute atomic E-state index is 0.104. The van der Waals surface area contributed by atoms with Gasteiger partial charge in [-0.2, -0.15) is 0 Å².